The second-order valence-corrected chi connectivity index (χ2v) is 7.83. The van der Waals surface area contributed by atoms with Crippen molar-refractivity contribution in [1.29, 1.82) is 0 Å². The summed E-state index contributed by atoms with van der Waals surface area (Å²) in [6.45, 7) is 0.191. The van der Waals surface area contributed by atoms with E-state index in [1.807, 2.05) is 0 Å². The Hall–Kier alpha value is -3.67. The molecule has 2 amide bonds. The highest BCUT2D eigenvalue weighted by Crippen LogP contribution is 2.37. The van der Waals surface area contributed by atoms with Gasteiger partial charge in [-0.1, -0.05) is 11.8 Å². The van der Waals surface area contributed by atoms with Crippen LogP contribution in [0.15, 0.2) is 43.4 Å². The Balaban J connectivity index is 1.98. The predicted octanol–water partition coefficient (Wildman–Crippen LogP) is 3.92. The van der Waals surface area contributed by atoms with Crippen LogP contribution in [0.2, 0.25) is 0 Å². The van der Waals surface area contributed by atoms with E-state index in [9.17, 15) is 4.79 Å². The van der Waals surface area contributed by atoms with Crippen molar-refractivity contribution in [2.45, 2.75) is 0 Å². The Bertz CT molecular complexity index is 1080. The molecule has 0 saturated carbocycles. The quantitative estimate of drug-likeness (QED) is 0.248. The average Bonchev–Trinajstić information content (AvgIpc) is 2.82. The van der Waals surface area contributed by atoms with E-state index in [4.69, 9.17) is 31.8 Å². The number of urea groups is 1. The van der Waals surface area contributed by atoms with Crippen LogP contribution in [0.3, 0.4) is 0 Å². The summed E-state index contributed by atoms with van der Waals surface area (Å²) in [5, 5.41) is 7.77. The summed E-state index contributed by atoms with van der Waals surface area (Å²) >= 11 is 6.79. The number of nitrogens with zero attached hydrogens (tertiary/aromatic N) is 2. The number of terminal acetylenes is 2. The summed E-state index contributed by atoms with van der Waals surface area (Å²) in [4.78, 5) is 12.0. The van der Waals surface area contributed by atoms with Crippen molar-refractivity contribution >= 4 is 50.3 Å². The number of carbonyl (C=O) groups is 1. The van der Waals surface area contributed by atoms with Gasteiger partial charge in [-0.15, -0.1) is 12.8 Å². The van der Waals surface area contributed by atoms with E-state index < -0.39 is 6.03 Å². The van der Waals surface area contributed by atoms with Gasteiger partial charge in [0.05, 0.1) is 35.6 Å². The number of ether oxygens (including phenoxy) is 4. The first-order valence-corrected chi connectivity index (χ1v) is 11.0. The molecule has 11 heteroatoms. The highest BCUT2D eigenvalue weighted by atomic mass is 79.9. The lowest BCUT2D eigenvalue weighted by atomic mass is 10.2. The van der Waals surface area contributed by atoms with E-state index in [2.05, 4.69) is 64.8 Å². The normalized spacial score (nSPS) is 10.4. The van der Waals surface area contributed by atoms with Gasteiger partial charge in [0.1, 0.15) is 13.2 Å². The third kappa shape index (κ3) is 7.73. The molecular weight excluding hydrogens is 572 g/mol. The van der Waals surface area contributed by atoms with E-state index in [1.165, 1.54) is 26.6 Å². The lowest BCUT2D eigenvalue weighted by molar-refractivity contribution is 0.242. The Labute approximate surface area is 214 Å². The largest absolute Gasteiger partial charge is 0.493 e. The SMILES string of the molecule is C#CCOc1c(Br)cc(C=NNC(=O)NN=Cc2cc(Br)c(OCC#C)c(OC)c2)cc1OC. The maximum Gasteiger partial charge on any atom is 0.355 e. The summed E-state index contributed by atoms with van der Waals surface area (Å²) in [5.74, 6) is 6.63. The Morgan fingerprint density at radius 1 is 0.882 bits per heavy atom. The van der Waals surface area contributed by atoms with Crippen molar-refractivity contribution < 1.29 is 23.7 Å². The smallest absolute Gasteiger partial charge is 0.355 e. The Kier molecular flexibility index (Phi) is 10.8. The van der Waals surface area contributed by atoms with Crippen molar-refractivity contribution in [3.63, 3.8) is 0 Å². The molecule has 0 aliphatic carbocycles. The topological polar surface area (TPSA) is 103 Å². The first-order valence-electron chi connectivity index (χ1n) is 9.43. The molecule has 9 nitrogen and oxygen atoms in total. The lowest BCUT2D eigenvalue weighted by Crippen LogP contribution is -2.28. The van der Waals surface area contributed by atoms with Crippen LogP contribution in [0.1, 0.15) is 11.1 Å². The van der Waals surface area contributed by atoms with Crippen LogP contribution >= 0.6 is 31.9 Å². The number of halogens is 2. The minimum absolute atomic E-state index is 0.0953. The molecule has 34 heavy (non-hydrogen) atoms. The molecule has 0 aliphatic heterocycles. The number of hydrogen-bond donors (Lipinski definition) is 2. The molecule has 0 fully saturated rings. The number of hydrazone groups is 2. The predicted molar refractivity (Wildman–Crippen MR) is 137 cm³/mol. The molecule has 0 saturated heterocycles. The molecule has 2 aromatic carbocycles. The second kappa shape index (κ2) is 13.8. The Morgan fingerprint density at radius 2 is 1.29 bits per heavy atom. The molecule has 0 heterocycles. The van der Waals surface area contributed by atoms with Crippen molar-refractivity contribution in [2.75, 3.05) is 27.4 Å². The summed E-state index contributed by atoms with van der Waals surface area (Å²) in [6, 6.07) is 6.18. The first kappa shape index (κ1) is 26.6. The average molecular weight is 592 g/mol. The Morgan fingerprint density at radius 3 is 1.65 bits per heavy atom. The minimum atomic E-state index is -0.646. The van der Waals surface area contributed by atoms with Gasteiger partial charge in [-0.05, 0) is 67.3 Å². The fourth-order valence-corrected chi connectivity index (χ4v) is 3.64. The number of nitrogens with one attached hydrogen (secondary N) is 2. The van der Waals surface area contributed by atoms with E-state index in [1.54, 1.807) is 24.3 Å². The zero-order valence-electron chi connectivity index (χ0n) is 18.2. The maximum atomic E-state index is 12.0. The second-order valence-electron chi connectivity index (χ2n) is 6.12. The van der Waals surface area contributed by atoms with Crippen LogP contribution in [0.4, 0.5) is 4.79 Å². The maximum absolute atomic E-state index is 12.0. The molecule has 0 radical (unpaired) electrons. The number of benzene rings is 2. The van der Waals surface area contributed by atoms with Gasteiger partial charge >= 0.3 is 6.03 Å². The van der Waals surface area contributed by atoms with Crippen molar-refractivity contribution in [2.24, 2.45) is 10.2 Å². The fourth-order valence-electron chi connectivity index (χ4n) is 2.49. The van der Waals surface area contributed by atoms with Gasteiger partial charge < -0.3 is 18.9 Å². The molecule has 0 aromatic heterocycles. The van der Waals surface area contributed by atoms with Gasteiger partial charge in [-0.3, -0.25) is 0 Å². The summed E-state index contributed by atoms with van der Waals surface area (Å²) < 4.78 is 22.8. The van der Waals surface area contributed by atoms with Gasteiger partial charge in [-0.2, -0.15) is 10.2 Å². The van der Waals surface area contributed by atoms with Gasteiger partial charge in [0, 0.05) is 0 Å². The van der Waals surface area contributed by atoms with Crippen molar-refractivity contribution in [3.05, 3.63) is 44.3 Å². The van der Waals surface area contributed by atoms with E-state index >= 15 is 0 Å². The van der Waals surface area contributed by atoms with Crippen LogP contribution in [0.5, 0.6) is 23.0 Å². The zero-order valence-corrected chi connectivity index (χ0v) is 21.4. The number of amides is 2. The fraction of sp³-hybridized carbons (Fsp3) is 0.174. The van der Waals surface area contributed by atoms with Gasteiger partial charge in [-0.25, -0.2) is 15.6 Å². The van der Waals surface area contributed by atoms with E-state index in [0.717, 1.165) is 0 Å². The van der Waals surface area contributed by atoms with E-state index in [0.29, 0.717) is 43.1 Å². The number of methoxy groups -OCH3 is 2. The molecule has 176 valence electrons. The van der Waals surface area contributed by atoms with Gasteiger partial charge in [0.25, 0.3) is 0 Å². The van der Waals surface area contributed by atoms with Gasteiger partial charge in [0.2, 0.25) is 0 Å². The number of carbonyl (C=O) groups excluding carboxylic acids is 1. The lowest BCUT2D eigenvalue weighted by Gasteiger charge is -2.11. The molecule has 0 unspecified atom stereocenters. The van der Waals surface area contributed by atoms with Crippen LogP contribution < -0.4 is 29.8 Å². The summed E-state index contributed by atoms with van der Waals surface area (Å²) in [5.41, 5.74) is 5.90. The molecule has 0 bridgehead atoms. The first-order chi connectivity index (χ1) is 16.4. The monoisotopic (exact) mass is 590 g/mol. The molecule has 0 spiro atoms. The number of rotatable bonds is 10. The van der Waals surface area contributed by atoms with Gasteiger partial charge in [0.15, 0.2) is 23.0 Å². The van der Waals surface area contributed by atoms with Crippen molar-refractivity contribution in [1.82, 2.24) is 10.9 Å². The molecular formula is C23H20Br2N4O5. The highest BCUT2D eigenvalue weighted by molar-refractivity contribution is 9.11. The third-order valence-corrected chi connectivity index (χ3v) is 5.04. The standard InChI is InChI=1S/C23H20Br2N4O5/c1-5-7-33-21-17(24)9-15(11-19(21)31-3)13-26-28-23(30)29-27-14-16-10-18(25)22(34-8-6-2)20(12-16)32-4/h1-2,9-14H,7-8H2,3-4H3,(H2,28,29,30). The van der Waals surface area contributed by atoms with Crippen LogP contribution in [0.25, 0.3) is 0 Å². The van der Waals surface area contributed by atoms with E-state index in [-0.39, 0.29) is 13.2 Å². The summed E-state index contributed by atoms with van der Waals surface area (Å²) in [7, 11) is 3.00. The van der Waals surface area contributed by atoms with Crippen LogP contribution in [0, 0.1) is 24.7 Å². The third-order valence-electron chi connectivity index (χ3n) is 3.86. The molecule has 2 aromatic rings. The zero-order chi connectivity index (χ0) is 24.9. The molecule has 2 rings (SSSR count). The van der Waals surface area contributed by atoms with Crippen LogP contribution in [-0.2, 0) is 0 Å². The van der Waals surface area contributed by atoms with Crippen molar-refractivity contribution in [3.8, 4) is 47.7 Å². The highest BCUT2D eigenvalue weighted by Gasteiger charge is 2.12. The minimum Gasteiger partial charge on any atom is -0.493 e. The molecule has 2 N–H and O–H groups in total. The van der Waals surface area contributed by atoms with Crippen LogP contribution in [-0.4, -0.2) is 45.9 Å². The molecule has 0 aliphatic rings. The summed E-state index contributed by atoms with van der Waals surface area (Å²) in [6.07, 6.45) is 13.3. The molecule has 0 atom stereocenters. The number of hydrogen-bond acceptors (Lipinski definition) is 7.